The quantitative estimate of drug-likeness (QED) is 0.761. The first-order chi connectivity index (χ1) is 6.38. The average molecular weight is 207 g/mol. The summed E-state index contributed by atoms with van der Waals surface area (Å²) in [5.74, 6) is -3.85. The molecule has 0 aliphatic carbocycles. The van der Waals surface area contributed by atoms with E-state index in [0.29, 0.717) is 25.9 Å². The smallest absolute Gasteiger partial charge is 0.306 e. The summed E-state index contributed by atoms with van der Waals surface area (Å²) in [5, 5.41) is 8.69. The lowest BCUT2D eigenvalue weighted by atomic mass is 9.97. The Bertz CT molecular complexity index is 207. The molecule has 5 heteroatoms. The Morgan fingerprint density at radius 2 is 2.00 bits per heavy atom. The van der Waals surface area contributed by atoms with E-state index in [4.69, 9.17) is 5.11 Å². The molecule has 0 bridgehead atoms. The first-order valence-electron chi connectivity index (χ1n) is 4.71. The lowest BCUT2D eigenvalue weighted by molar-refractivity contribution is -0.143. The van der Waals surface area contributed by atoms with Gasteiger partial charge in [-0.15, -0.1) is 0 Å². The van der Waals surface area contributed by atoms with E-state index >= 15 is 0 Å². The maximum absolute atomic E-state index is 12.6. The molecule has 0 amide bonds. The van der Waals surface area contributed by atoms with Crippen LogP contribution in [0.25, 0.3) is 0 Å². The zero-order chi connectivity index (χ0) is 10.8. The normalized spacial score (nSPS) is 21.1. The molecule has 0 unspecified atom stereocenters. The van der Waals surface area contributed by atoms with Gasteiger partial charge in [-0.3, -0.25) is 9.69 Å². The molecule has 0 aromatic rings. The topological polar surface area (TPSA) is 40.5 Å². The van der Waals surface area contributed by atoms with Crippen molar-refractivity contribution in [3.8, 4) is 0 Å². The van der Waals surface area contributed by atoms with Gasteiger partial charge in [0.05, 0.1) is 12.5 Å². The van der Waals surface area contributed by atoms with Crippen LogP contribution in [0, 0.1) is 5.92 Å². The fourth-order valence-electron chi connectivity index (χ4n) is 1.73. The number of aliphatic carboxylic acids is 1. The van der Waals surface area contributed by atoms with Crippen LogP contribution in [-0.4, -0.2) is 41.5 Å². The van der Waals surface area contributed by atoms with E-state index in [1.165, 1.54) is 0 Å². The lowest BCUT2D eigenvalue weighted by Gasteiger charge is -2.31. The Hall–Kier alpha value is -0.710. The minimum atomic E-state index is -2.68. The fraction of sp³-hybridized carbons (Fsp3) is 0.889. The van der Waals surface area contributed by atoms with Gasteiger partial charge in [-0.1, -0.05) is 0 Å². The highest BCUT2D eigenvalue weighted by atomic mass is 19.3. The first-order valence-corrected chi connectivity index (χ1v) is 4.71. The highest BCUT2D eigenvalue weighted by Crippen LogP contribution is 2.21. The van der Waals surface area contributed by atoms with Crippen molar-refractivity contribution in [2.75, 3.05) is 19.6 Å². The lowest BCUT2D eigenvalue weighted by Crippen LogP contribution is -2.41. The summed E-state index contributed by atoms with van der Waals surface area (Å²) in [6.45, 7) is 1.54. The standard InChI is InChI=1S/C9H15F2NO2/c1-9(10,11)6-12-4-2-7(3-5-12)8(13)14/h7H,2-6H2,1H3,(H,13,14). The molecule has 1 fully saturated rings. The van der Waals surface area contributed by atoms with Crippen molar-refractivity contribution in [1.29, 1.82) is 0 Å². The van der Waals surface area contributed by atoms with Gasteiger partial charge < -0.3 is 5.11 Å². The molecule has 82 valence electrons. The van der Waals surface area contributed by atoms with Crippen LogP contribution in [0.5, 0.6) is 0 Å². The molecule has 0 radical (unpaired) electrons. The number of likely N-dealkylation sites (tertiary alicyclic amines) is 1. The van der Waals surface area contributed by atoms with Crippen molar-refractivity contribution < 1.29 is 18.7 Å². The van der Waals surface area contributed by atoms with Crippen molar-refractivity contribution >= 4 is 5.97 Å². The monoisotopic (exact) mass is 207 g/mol. The van der Waals surface area contributed by atoms with Crippen LogP contribution in [0.15, 0.2) is 0 Å². The number of carboxylic acids is 1. The summed E-state index contributed by atoms with van der Waals surface area (Å²) in [6.07, 6.45) is 0.955. The SMILES string of the molecule is CC(F)(F)CN1CCC(C(=O)O)CC1. The van der Waals surface area contributed by atoms with Crippen LogP contribution in [-0.2, 0) is 4.79 Å². The number of alkyl halides is 2. The van der Waals surface area contributed by atoms with Gasteiger partial charge in [-0.25, -0.2) is 8.78 Å². The minimum Gasteiger partial charge on any atom is -0.481 e. The number of nitrogens with zero attached hydrogens (tertiary/aromatic N) is 1. The van der Waals surface area contributed by atoms with Crippen molar-refractivity contribution in [2.45, 2.75) is 25.7 Å². The van der Waals surface area contributed by atoms with Crippen LogP contribution in [0.1, 0.15) is 19.8 Å². The average Bonchev–Trinajstić information content (AvgIpc) is 2.02. The number of hydrogen-bond donors (Lipinski definition) is 1. The largest absolute Gasteiger partial charge is 0.481 e. The van der Waals surface area contributed by atoms with Gasteiger partial charge >= 0.3 is 5.97 Å². The fourth-order valence-corrected chi connectivity index (χ4v) is 1.73. The predicted octanol–water partition coefficient (Wildman–Crippen LogP) is 1.44. The Morgan fingerprint density at radius 1 is 1.50 bits per heavy atom. The third-order valence-corrected chi connectivity index (χ3v) is 2.44. The van der Waals surface area contributed by atoms with E-state index in [0.717, 1.165) is 6.92 Å². The molecule has 0 spiro atoms. The highest BCUT2D eigenvalue weighted by Gasteiger charge is 2.30. The second-order valence-electron chi connectivity index (χ2n) is 3.96. The van der Waals surface area contributed by atoms with E-state index in [1.807, 2.05) is 0 Å². The maximum Gasteiger partial charge on any atom is 0.306 e. The van der Waals surface area contributed by atoms with E-state index in [2.05, 4.69) is 0 Å². The molecule has 1 saturated heterocycles. The Kier molecular flexibility index (Phi) is 3.42. The number of carboxylic acid groups (broad SMARTS) is 1. The van der Waals surface area contributed by atoms with E-state index < -0.39 is 11.9 Å². The molecular formula is C9H15F2NO2. The summed E-state index contributed by atoms with van der Waals surface area (Å²) in [5.41, 5.74) is 0. The van der Waals surface area contributed by atoms with E-state index in [1.54, 1.807) is 4.90 Å². The third-order valence-electron chi connectivity index (χ3n) is 2.44. The van der Waals surface area contributed by atoms with Gasteiger partial charge in [0.25, 0.3) is 5.92 Å². The molecule has 0 aromatic carbocycles. The number of rotatable bonds is 3. The van der Waals surface area contributed by atoms with Crippen LogP contribution < -0.4 is 0 Å². The summed E-state index contributed by atoms with van der Waals surface area (Å²) in [4.78, 5) is 12.2. The van der Waals surface area contributed by atoms with Gasteiger partial charge in [0.2, 0.25) is 0 Å². The number of carbonyl (C=O) groups is 1. The predicted molar refractivity (Wildman–Crippen MR) is 47.4 cm³/mol. The number of hydrogen-bond acceptors (Lipinski definition) is 2. The van der Waals surface area contributed by atoms with Crippen molar-refractivity contribution in [3.05, 3.63) is 0 Å². The van der Waals surface area contributed by atoms with Crippen LogP contribution >= 0.6 is 0 Å². The Balaban J connectivity index is 2.33. The van der Waals surface area contributed by atoms with Crippen LogP contribution in [0.4, 0.5) is 8.78 Å². The second kappa shape index (κ2) is 4.21. The van der Waals surface area contributed by atoms with Gasteiger partial charge in [-0.05, 0) is 25.9 Å². The molecule has 1 aliphatic heterocycles. The zero-order valence-electron chi connectivity index (χ0n) is 8.17. The molecule has 0 saturated carbocycles. The molecule has 1 N–H and O–H groups in total. The molecule has 0 aromatic heterocycles. The van der Waals surface area contributed by atoms with E-state index in [9.17, 15) is 13.6 Å². The van der Waals surface area contributed by atoms with Gasteiger partial charge in [-0.2, -0.15) is 0 Å². The van der Waals surface area contributed by atoms with Gasteiger partial charge in [0, 0.05) is 6.92 Å². The molecular weight excluding hydrogens is 192 g/mol. The highest BCUT2D eigenvalue weighted by molar-refractivity contribution is 5.70. The summed E-state index contributed by atoms with van der Waals surface area (Å²) < 4.78 is 25.2. The minimum absolute atomic E-state index is 0.265. The molecule has 0 atom stereocenters. The van der Waals surface area contributed by atoms with E-state index in [-0.39, 0.29) is 12.5 Å². The van der Waals surface area contributed by atoms with Crippen molar-refractivity contribution in [2.24, 2.45) is 5.92 Å². The summed E-state index contributed by atoms with van der Waals surface area (Å²) in [7, 11) is 0. The number of halogens is 2. The van der Waals surface area contributed by atoms with Gasteiger partial charge in [0.15, 0.2) is 0 Å². The molecule has 1 aliphatic rings. The molecule has 3 nitrogen and oxygen atoms in total. The zero-order valence-corrected chi connectivity index (χ0v) is 8.17. The van der Waals surface area contributed by atoms with Crippen molar-refractivity contribution in [3.63, 3.8) is 0 Å². The second-order valence-corrected chi connectivity index (χ2v) is 3.96. The Labute approximate surface area is 81.7 Å². The Morgan fingerprint density at radius 3 is 2.36 bits per heavy atom. The van der Waals surface area contributed by atoms with Crippen LogP contribution in [0.2, 0.25) is 0 Å². The van der Waals surface area contributed by atoms with Gasteiger partial charge in [0.1, 0.15) is 0 Å². The number of piperidine rings is 1. The molecule has 14 heavy (non-hydrogen) atoms. The first kappa shape index (κ1) is 11.4. The molecule has 1 rings (SSSR count). The third kappa shape index (κ3) is 3.57. The summed E-state index contributed by atoms with van der Waals surface area (Å²) in [6, 6.07) is 0. The van der Waals surface area contributed by atoms with Crippen molar-refractivity contribution in [1.82, 2.24) is 4.90 Å². The molecule has 1 heterocycles. The maximum atomic E-state index is 12.6. The summed E-state index contributed by atoms with van der Waals surface area (Å²) >= 11 is 0. The van der Waals surface area contributed by atoms with Crippen LogP contribution in [0.3, 0.4) is 0 Å².